The molecule has 1 aromatic heterocycles. The third-order valence-corrected chi connectivity index (χ3v) is 4.89. The van der Waals surface area contributed by atoms with E-state index in [1.54, 1.807) is 0 Å². The van der Waals surface area contributed by atoms with Crippen LogP contribution in [0.3, 0.4) is 0 Å². The van der Waals surface area contributed by atoms with Gasteiger partial charge in [-0.2, -0.15) is 10.1 Å². The van der Waals surface area contributed by atoms with Crippen molar-refractivity contribution in [3.05, 3.63) is 82.1 Å². The molecule has 132 valence electrons. The van der Waals surface area contributed by atoms with E-state index in [9.17, 15) is 0 Å². The van der Waals surface area contributed by atoms with Gasteiger partial charge in [0.25, 0.3) is 0 Å². The van der Waals surface area contributed by atoms with Crippen molar-refractivity contribution in [1.82, 2.24) is 14.8 Å². The van der Waals surface area contributed by atoms with E-state index in [-0.39, 0.29) is 12.6 Å². The Hall–Kier alpha value is -2.44. The van der Waals surface area contributed by atoms with Gasteiger partial charge in [0.05, 0.1) is 0 Å². The fraction of sp³-hybridized carbons (Fsp3) is 0.200. The molecule has 0 fully saturated rings. The van der Waals surface area contributed by atoms with Crippen LogP contribution in [-0.2, 0) is 6.42 Å². The van der Waals surface area contributed by atoms with Gasteiger partial charge in [0.1, 0.15) is 6.04 Å². The van der Waals surface area contributed by atoms with Crippen molar-refractivity contribution < 1.29 is 5.11 Å². The monoisotopic (exact) mass is 410 g/mol. The van der Waals surface area contributed by atoms with Crippen molar-refractivity contribution in [2.45, 2.75) is 18.9 Å². The molecule has 0 saturated carbocycles. The van der Waals surface area contributed by atoms with Gasteiger partial charge in [0.2, 0.25) is 5.95 Å². The van der Waals surface area contributed by atoms with E-state index in [1.165, 1.54) is 0 Å². The Morgan fingerprint density at radius 2 is 1.85 bits per heavy atom. The minimum Gasteiger partial charge on any atom is -0.396 e. The Morgan fingerprint density at radius 3 is 2.58 bits per heavy atom. The van der Waals surface area contributed by atoms with Gasteiger partial charge in [-0.05, 0) is 35.8 Å². The maximum absolute atomic E-state index is 9.08. The molecule has 3 aromatic rings. The summed E-state index contributed by atoms with van der Waals surface area (Å²) in [6, 6.07) is 18.5. The van der Waals surface area contributed by atoms with Crippen LogP contribution in [-0.4, -0.2) is 26.5 Å². The van der Waals surface area contributed by atoms with E-state index in [2.05, 4.69) is 61.7 Å². The molecule has 1 aliphatic heterocycles. The van der Waals surface area contributed by atoms with Crippen LogP contribution < -0.4 is 5.32 Å². The molecule has 2 aromatic carbocycles. The van der Waals surface area contributed by atoms with Gasteiger partial charge in [-0.3, -0.25) is 0 Å². The molecule has 26 heavy (non-hydrogen) atoms. The van der Waals surface area contributed by atoms with Crippen molar-refractivity contribution in [1.29, 1.82) is 0 Å². The summed E-state index contributed by atoms with van der Waals surface area (Å²) < 4.78 is 2.97. The number of allylic oxidation sites excluding steroid dienone is 1. The molecule has 0 spiro atoms. The normalized spacial score (nSPS) is 15.9. The van der Waals surface area contributed by atoms with Gasteiger partial charge in [-0.1, -0.05) is 58.4 Å². The van der Waals surface area contributed by atoms with Crippen LogP contribution >= 0.6 is 15.9 Å². The van der Waals surface area contributed by atoms with Crippen LogP contribution in [0.15, 0.2) is 65.1 Å². The molecule has 1 aliphatic rings. The van der Waals surface area contributed by atoms with Gasteiger partial charge in [-0.25, -0.2) is 4.68 Å². The van der Waals surface area contributed by atoms with Crippen molar-refractivity contribution in [2.75, 3.05) is 11.9 Å². The zero-order valence-electron chi connectivity index (χ0n) is 14.1. The predicted octanol–water partition coefficient (Wildman–Crippen LogP) is 4.02. The standard InChI is InChI=1S/C20H19BrN4O/c21-16-10-8-14(9-11-16)17-13-18(15-5-2-1-3-6-15)25-20(22-17)23-19(24-25)7-4-12-26/h1-3,5-6,8-11,13,18,26H,4,7,12H2,(H,22,23,24)/t18-/m1/s1. The van der Waals surface area contributed by atoms with E-state index in [0.717, 1.165) is 33.1 Å². The first kappa shape index (κ1) is 17.0. The highest BCUT2D eigenvalue weighted by Gasteiger charge is 2.25. The summed E-state index contributed by atoms with van der Waals surface area (Å²) in [5, 5.41) is 17.2. The lowest BCUT2D eigenvalue weighted by Crippen LogP contribution is -2.20. The lowest BCUT2D eigenvalue weighted by molar-refractivity contribution is 0.287. The van der Waals surface area contributed by atoms with Crippen molar-refractivity contribution in [2.24, 2.45) is 0 Å². The molecule has 2 heterocycles. The average molecular weight is 411 g/mol. The molecule has 0 amide bonds. The third kappa shape index (κ3) is 3.43. The topological polar surface area (TPSA) is 63.0 Å². The fourth-order valence-electron chi connectivity index (χ4n) is 3.07. The summed E-state index contributed by atoms with van der Waals surface area (Å²) in [7, 11) is 0. The highest BCUT2D eigenvalue weighted by Crippen LogP contribution is 2.32. The van der Waals surface area contributed by atoms with Crippen LogP contribution in [0.1, 0.15) is 29.4 Å². The Bertz CT molecular complexity index is 919. The van der Waals surface area contributed by atoms with Gasteiger partial charge < -0.3 is 10.4 Å². The van der Waals surface area contributed by atoms with Crippen LogP contribution in [0.5, 0.6) is 0 Å². The number of hydrogen-bond acceptors (Lipinski definition) is 4. The number of nitrogens with one attached hydrogen (secondary N) is 1. The highest BCUT2D eigenvalue weighted by molar-refractivity contribution is 9.10. The number of halogens is 1. The number of nitrogens with zero attached hydrogens (tertiary/aromatic N) is 3. The summed E-state index contributed by atoms with van der Waals surface area (Å²) >= 11 is 3.48. The number of aliphatic hydroxyl groups is 1. The third-order valence-electron chi connectivity index (χ3n) is 4.36. The van der Waals surface area contributed by atoms with Crippen LogP contribution in [0.2, 0.25) is 0 Å². The maximum atomic E-state index is 9.08. The zero-order chi connectivity index (χ0) is 17.9. The number of fused-ring (bicyclic) bond motifs is 1. The average Bonchev–Trinajstić information content (AvgIpc) is 3.09. The molecule has 0 unspecified atom stereocenters. The smallest absolute Gasteiger partial charge is 0.226 e. The summed E-state index contributed by atoms with van der Waals surface area (Å²) in [5.41, 5.74) is 3.27. The summed E-state index contributed by atoms with van der Waals surface area (Å²) in [6.45, 7) is 0.141. The Balaban J connectivity index is 1.75. The minimum absolute atomic E-state index is 0.0264. The second-order valence-corrected chi connectivity index (χ2v) is 7.11. The van der Waals surface area contributed by atoms with Gasteiger partial charge in [0.15, 0.2) is 5.82 Å². The minimum atomic E-state index is -0.0264. The first-order valence-electron chi connectivity index (χ1n) is 8.60. The fourth-order valence-corrected chi connectivity index (χ4v) is 3.33. The summed E-state index contributed by atoms with van der Waals surface area (Å²) in [5.74, 6) is 1.47. The molecule has 2 N–H and O–H groups in total. The number of aryl methyl sites for hydroxylation is 1. The lowest BCUT2D eigenvalue weighted by atomic mass is 10.0. The van der Waals surface area contributed by atoms with E-state index >= 15 is 0 Å². The molecular weight excluding hydrogens is 392 g/mol. The number of rotatable bonds is 5. The molecule has 0 saturated heterocycles. The van der Waals surface area contributed by atoms with Gasteiger partial charge in [-0.15, -0.1) is 0 Å². The lowest BCUT2D eigenvalue weighted by Gasteiger charge is -2.24. The van der Waals surface area contributed by atoms with Crippen molar-refractivity contribution in [3.8, 4) is 0 Å². The van der Waals surface area contributed by atoms with Gasteiger partial charge >= 0.3 is 0 Å². The van der Waals surface area contributed by atoms with Crippen molar-refractivity contribution >= 4 is 27.6 Å². The molecule has 5 nitrogen and oxygen atoms in total. The Morgan fingerprint density at radius 1 is 1.08 bits per heavy atom. The number of aliphatic hydroxyl groups excluding tert-OH is 1. The Kier molecular flexibility index (Phi) is 4.86. The molecule has 6 heteroatoms. The first-order valence-corrected chi connectivity index (χ1v) is 9.40. The number of benzene rings is 2. The molecule has 4 rings (SSSR count). The molecule has 0 radical (unpaired) electrons. The van der Waals surface area contributed by atoms with Gasteiger partial charge in [0, 0.05) is 23.2 Å². The quantitative estimate of drug-likeness (QED) is 0.666. The molecule has 1 atom stereocenters. The van der Waals surface area contributed by atoms with Crippen LogP contribution in [0, 0.1) is 0 Å². The zero-order valence-corrected chi connectivity index (χ0v) is 15.7. The second kappa shape index (κ2) is 7.43. The van der Waals surface area contributed by atoms with Crippen LogP contribution in [0.4, 0.5) is 5.95 Å². The summed E-state index contributed by atoms with van der Waals surface area (Å²) in [6.07, 6.45) is 3.50. The van der Waals surface area contributed by atoms with E-state index in [4.69, 9.17) is 5.11 Å². The predicted molar refractivity (Wildman–Crippen MR) is 106 cm³/mol. The number of hydrogen-bond donors (Lipinski definition) is 2. The molecule has 0 bridgehead atoms. The number of aromatic nitrogens is 3. The molecular formula is C20H19BrN4O. The highest BCUT2D eigenvalue weighted by atomic mass is 79.9. The largest absolute Gasteiger partial charge is 0.396 e. The maximum Gasteiger partial charge on any atom is 0.226 e. The Labute approximate surface area is 160 Å². The SMILES string of the molecule is OCCCc1nc2n(n1)[C@@H](c1ccccc1)C=C(c1ccc(Br)cc1)N2. The summed E-state index contributed by atoms with van der Waals surface area (Å²) in [4.78, 5) is 4.64. The van der Waals surface area contributed by atoms with E-state index < -0.39 is 0 Å². The van der Waals surface area contributed by atoms with E-state index in [1.807, 2.05) is 35.0 Å². The number of anilines is 1. The first-order chi connectivity index (χ1) is 12.7. The molecule has 0 aliphatic carbocycles. The van der Waals surface area contributed by atoms with Crippen LogP contribution in [0.25, 0.3) is 5.70 Å². The van der Waals surface area contributed by atoms with E-state index in [0.29, 0.717) is 12.8 Å². The van der Waals surface area contributed by atoms with Crippen molar-refractivity contribution in [3.63, 3.8) is 0 Å². The second-order valence-electron chi connectivity index (χ2n) is 6.19.